The standard InChI is InChI=1S/C21H33N5O/c1-16-14-18-6-4-5-7-19(18)26(16)13-10-24-21(23-3)25-11-8-17(9-12-25)15-20(27)22-2/h4-7,16-17H,8-15H2,1-3H3,(H,22,27)(H,23,24). The normalized spacial score (nSPS) is 20.6. The summed E-state index contributed by atoms with van der Waals surface area (Å²) >= 11 is 0. The molecule has 6 nitrogen and oxygen atoms in total. The maximum atomic E-state index is 11.6. The van der Waals surface area contributed by atoms with Crippen LogP contribution in [0.2, 0.25) is 0 Å². The van der Waals surface area contributed by atoms with Crippen LogP contribution in [0, 0.1) is 5.92 Å². The highest BCUT2D eigenvalue weighted by Crippen LogP contribution is 2.31. The van der Waals surface area contributed by atoms with Crippen molar-refractivity contribution in [3.8, 4) is 0 Å². The van der Waals surface area contributed by atoms with Crippen LogP contribution in [0.3, 0.4) is 0 Å². The predicted octanol–water partition coefficient (Wildman–Crippen LogP) is 1.86. The Bertz CT molecular complexity index is 666. The van der Waals surface area contributed by atoms with E-state index in [1.807, 2.05) is 7.05 Å². The quantitative estimate of drug-likeness (QED) is 0.613. The van der Waals surface area contributed by atoms with Crippen LogP contribution in [0.15, 0.2) is 29.3 Å². The van der Waals surface area contributed by atoms with Gasteiger partial charge in [0.2, 0.25) is 5.91 Å². The first-order valence-corrected chi connectivity index (χ1v) is 10.1. The number of rotatable bonds is 5. The van der Waals surface area contributed by atoms with Crippen LogP contribution >= 0.6 is 0 Å². The first-order valence-electron chi connectivity index (χ1n) is 10.1. The summed E-state index contributed by atoms with van der Waals surface area (Å²) in [6.07, 6.45) is 3.86. The number of amides is 1. The van der Waals surface area contributed by atoms with Gasteiger partial charge in [0.15, 0.2) is 5.96 Å². The minimum absolute atomic E-state index is 0.149. The Labute approximate surface area is 163 Å². The zero-order valence-corrected chi connectivity index (χ0v) is 16.9. The van der Waals surface area contributed by atoms with Crippen molar-refractivity contribution in [1.82, 2.24) is 15.5 Å². The van der Waals surface area contributed by atoms with Crippen molar-refractivity contribution >= 4 is 17.6 Å². The van der Waals surface area contributed by atoms with Crippen molar-refractivity contribution in [3.63, 3.8) is 0 Å². The molecule has 2 aliphatic rings. The predicted molar refractivity (Wildman–Crippen MR) is 111 cm³/mol. The summed E-state index contributed by atoms with van der Waals surface area (Å²) in [6.45, 7) is 6.08. The number of hydrogen-bond donors (Lipinski definition) is 2. The Morgan fingerprint density at radius 1 is 1.26 bits per heavy atom. The number of likely N-dealkylation sites (tertiary alicyclic amines) is 1. The lowest BCUT2D eigenvalue weighted by atomic mass is 9.93. The minimum Gasteiger partial charge on any atom is -0.367 e. The number of anilines is 1. The molecule has 2 heterocycles. The third-order valence-corrected chi connectivity index (χ3v) is 5.86. The largest absolute Gasteiger partial charge is 0.367 e. The van der Waals surface area contributed by atoms with Crippen LogP contribution in [0.25, 0.3) is 0 Å². The number of fused-ring (bicyclic) bond motifs is 1. The molecule has 2 aliphatic heterocycles. The van der Waals surface area contributed by atoms with Gasteiger partial charge in [0.25, 0.3) is 0 Å². The molecule has 1 unspecified atom stereocenters. The molecule has 1 amide bonds. The van der Waals surface area contributed by atoms with Crippen molar-refractivity contribution in [2.24, 2.45) is 10.9 Å². The SMILES string of the molecule is CN=C(NCCN1c2ccccc2CC1C)N1CCC(CC(=O)NC)CC1. The Morgan fingerprint density at radius 3 is 2.70 bits per heavy atom. The molecule has 2 N–H and O–H groups in total. The molecule has 0 saturated carbocycles. The molecule has 1 aromatic carbocycles. The number of hydrogen-bond acceptors (Lipinski definition) is 3. The maximum Gasteiger partial charge on any atom is 0.220 e. The first-order chi connectivity index (χ1) is 13.1. The van der Waals surface area contributed by atoms with E-state index in [2.05, 4.69) is 56.6 Å². The van der Waals surface area contributed by atoms with E-state index in [0.29, 0.717) is 18.4 Å². The number of guanidine groups is 1. The van der Waals surface area contributed by atoms with Crippen molar-refractivity contribution in [3.05, 3.63) is 29.8 Å². The molecule has 0 aromatic heterocycles. The van der Waals surface area contributed by atoms with Gasteiger partial charge < -0.3 is 20.4 Å². The highest BCUT2D eigenvalue weighted by Gasteiger charge is 2.26. The van der Waals surface area contributed by atoms with E-state index in [1.54, 1.807) is 7.05 Å². The fourth-order valence-electron chi connectivity index (χ4n) is 4.30. The van der Waals surface area contributed by atoms with Crippen LogP contribution in [-0.2, 0) is 11.2 Å². The Morgan fingerprint density at radius 2 is 2.00 bits per heavy atom. The third kappa shape index (κ3) is 4.73. The number of carbonyl (C=O) groups is 1. The van der Waals surface area contributed by atoms with Crippen molar-refractivity contribution in [1.29, 1.82) is 0 Å². The van der Waals surface area contributed by atoms with E-state index in [9.17, 15) is 4.79 Å². The molecule has 1 aromatic rings. The molecule has 0 bridgehead atoms. The van der Waals surface area contributed by atoms with E-state index in [-0.39, 0.29) is 5.91 Å². The fraction of sp³-hybridized carbons (Fsp3) is 0.619. The third-order valence-electron chi connectivity index (χ3n) is 5.86. The molecule has 6 heteroatoms. The highest BCUT2D eigenvalue weighted by molar-refractivity contribution is 5.80. The number of aliphatic imine (C=N–C) groups is 1. The monoisotopic (exact) mass is 371 g/mol. The zero-order valence-electron chi connectivity index (χ0n) is 16.9. The number of piperidine rings is 1. The molecular weight excluding hydrogens is 338 g/mol. The molecule has 27 heavy (non-hydrogen) atoms. The number of para-hydroxylation sites is 1. The fourth-order valence-corrected chi connectivity index (χ4v) is 4.30. The Balaban J connectivity index is 1.46. The topological polar surface area (TPSA) is 60.0 Å². The lowest BCUT2D eigenvalue weighted by molar-refractivity contribution is -0.121. The summed E-state index contributed by atoms with van der Waals surface area (Å²) in [7, 11) is 3.57. The second-order valence-corrected chi connectivity index (χ2v) is 7.66. The molecule has 1 fully saturated rings. The second kappa shape index (κ2) is 9.11. The summed E-state index contributed by atoms with van der Waals surface area (Å²) in [4.78, 5) is 20.9. The van der Waals surface area contributed by atoms with E-state index in [0.717, 1.165) is 51.4 Å². The van der Waals surface area contributed by atoms with E-state index in [4.69, 9.17) is 0 Å². The lowest BCUT2D eigenvalue weighted by Gasteiger charge is -2.34. The van der Waals surface area contributed by atoms with Crippen molar-refractivity contribution in [2.45, 2.75) is 38.6 Å². The van der Waals surface area contributed by atoms with Gasteiger partial charge in [-0.1, -0.05) is 18.2 Å². The Hall–Kier alpha value is -2.24. The highest BCUT2D eigenvalue weighted by atomic mass is 16.1. The van der Waals surface area contributed by atoms with Crippen molar-refractivity contribution < 1.29 is 4.79 Å². The lowest BCUT2D eigenvalue weighted by Crippen LogP contribution is -2.48. The van der Waals surface area contributed by atoms with Gasteiger partial charge in [0.1, 0.15) is 0 Å². The summed E-state index contributed by atoms with van der Waals surface area (Å²) < 4.78 is 0. The number of nitrogens with one attached hydrogen (secondary N) is 2. The average Bonchev–Trinajstić information content (AvgIpc) is 3.01. The Kier molecular flexibility index (Phi) is 6.58. The molecule has 3 rings (SSSR count). The van der Waals surface area contributed by atoms with E-state index in [1.165, 1.54) is 11.3 Å². The molecule has 148 valence electrons. The summed E-state index contributed by atoms with van der Waals surface area (Å²) in [5.41, 5.74) is 2.82. The molecular formula is C21H33N5O. The second-order valence-electron chi connectivity index (χ2n) is 7.66. The minimum atomic E-state index is 0.149. The summed E-state index contributed by atoms with van der Waals surface area (Å²) in [5.74, 6) is 1.62. The summed E-state index contributed by atoms with van der Waals surface area (Å²) in [5, 5.41) is 6.27. The number of nitrogens with zero attached hydrogens (tertiary/aromatic N) is 3. The first kappa shape index (κ1) is 19.5. The molecule has 0 spiro atoms. The van der Waals surface area contributed by atoms with Gasteiger partial charge in [-0.05, 0) is 43.7 Å². The van der Waals surface area contributed by atoms with Gasteiger partial charge in [-0.15, -0.1) is 0 Å². The van der Waals surface area contributed by atoms with Crippen molar-refractivity contribution in [2.75, 3.05) is 45.2 Å². The van der Waals surface area contributed by atoms with E-state index < -0.39 is 0 Å². The van der Waals surface area contributed by atoms with Gasteiger partial charge in [0, 0.05) is 58.4 Å². The summed E-state index contributed by atoms with van der Waals surface area (Å²) in [6, 6.07) is 9.26. The maximum absolute atomic E-state index is 11.6. The molecule has 0 aliphatic carbocycles. The zero-order chi connectivity index (χ0) is 19.2. The van der Waals surface area contributed by atoms with Gasteiger partial charge in [0.05, 0.1) is 0 Å². The van der Waals surface area contributed by atoms with Gasteiger partial charge >= 0.3 is 0 Å². The molecule has 0 radical (unpaired) electrons. The van der Waals surface area contributed by atoms with Crippen LogP contribution < -0.4 is 15.5 Å². The number of carbonyl (C=O) groups excluding carboxylic acids is 1. The van der Waals surface area contributed by atoms with Gasteiger partial charge in [-0.25, -0.2) is 0 Å². The smallest absolute Gasteiger partial charge is 0.220 e. The molecule has 1 saturated heterocycles. The molecule has 1 atom stereocenters. The van der Waals surface area contributed by atoms with Crippen LogP contribution in [0.1, 0.15) is 31.7 Å². The number of benzene rings is 1. The van der Waals surface area contributed by atoms with Crippen LogP contribution in [-0.4, -0.2) is 63.1 Å². The van der Waals surface area contributed by atoms with Crippen LogP contribution in [0.4, 0.5) is 5.69 Å². The van der Waals surface area contributed by atoms with E-state index >= 15 is 0 Å². The van der Waals surface area contributed by atoms with Crippen LogP contribution in [0.5, 0.6) is 0 Å². The average molecular weight is 372 g/mol. The van der Waals surface area contributed by atoms with Gasteiger partial charge in [-0.3, -0.25) is 9.79 Å². The van der Waals surface area contributed by atoms with Gasteiger partial charge in [-0.2, -0.15) is 0 Å².